The summed E-state index contributed by atoms with van der Waals surface area (Å²) in [5, 5.41) is 8.17. The largest absolute Gasteiger partial charge is 0.380 e. The number of aromatic nitrogens is 3. The van der Waals surface area contributed by atoms with Gasteiger partial charge in [-0.25, -0.2) is 26.9 Å². The van der Waals surface area contributed by atoms with Crippen molar-refractivity contribution >= 4 is 5.69 Å². The molecule has 4 nitrogen and oxygen atoms in total. The zero-order valence-corrected chi connectivity index (χ0v) is 9.28. The molecule has 0 atom stereocenters. The summed E-state index contributed by atoms with van der Waals surface area (Å²) in [4.78, 5) is 3.74. The average Bonchev–Trinajstić information content (AvgIpc) is 2.91. The van der Waals surface area contributed by atoms with Crippen LogP contribution in [0.15, 0.2) is 6.33 Å². The zero-order valence-electron chi connectivity index (χ0n) is 9.28. The van der Waals surface area contributed by atoms with E-state index in [-0.39, 0.29) is 13.0 Å². The molecule has 0 aliphatic rings. The topological polar surface area (TPSA) is 53.6 Å². The Hall–Kier alpha value is -2.19. The van der Waals surface area contributed by atoms with Crippen LogP contribution in [0.3, 0.4) is 0 Å². The molecule has 102 valence electrons. The molecule has 2 aromatic rings. The van der Waals surface area contributed by atoms with E-state index in [1.165, 1.54) is 6.33 Å². The molecule has 0 amide bonds. The van der Waals surface area contributed by atoms with Gasteiger partial charge in [0.05, 0.1) is 0 Å². The number of nitrogens with zero attached hydrogens (tertiary/aromatic N) is 2. The maximum atomic E-state index is 13.2. The molecule has 1 heterocycles. The second-order valence-electron chi connectivity index (χ2n) is 3.55. The molecule has 0 unspecified atom stereocenters. The van der Waals surface area contributed by atoms with Crippen LogP contribution in [0.2, 0.25) is 0 Å². The fourth-order valence-electron chi connectivity index (χ4n) is 1.42. The molecule has 9 heteroatoms. The van der Waals surface area contributed by atoms with E-state index in [4.69, 9.17) is 0 Å². The minimum absolute atomic E-state index is 0.0758. The molecule has 0 fully saturated rings. The Labute approximate surface area is 103 Å². The molecule has 1 aromatic heterocycles. The number of aromatic amines is 1. The van der Waals surface area contributed by atoms with Crippen LogP contribution in [0.1, 0.15) is 5.82 Å². The maximum Gasteiger partial charge on any atom is 0.200 e. The Kier molecular flexibility index (Phi) is 3.63. The van der Waals surface area contributed by atoms with Crippen LogP contribution in [-0.4, -0.2) is 21.7 Å². The van der Waals surface area contributed by atoms with E-state index in [0.717, 1.165) is 0 Å². The van der Waals surface area contributed by atoms with Crippen molar-refractivity contribution in [1.29, 1.82) is 0 Å². The van der Waals surface area contributed by atoms with Crippen molar-refractivity contribution in [2.75, 3.05) is 11.9 Å². The predicted molar refractivity (Wildman–Crippen MR) is 54.8 cm³/mol. The van der Waals surface area contributed by atoms with Gasteiger partial charge in [-0.3, -0.25) is 5.10 Å². The molecule has 1 aromatic carbocycles. The van der Waals surface area contributed by atoms with E-state index in [0.29, 0.717) is 5.82 Å². The van der Waals surface area contributed by atoms with Crippen LogP contribution in [0.25, 0.3) is 0 Å². The fraction of sp³-hybridized carbons (Fsp3) is 0.200. The lowest BCUT2D eigenvalue weighted by molar-refractivity contribution is 0.381. The third-order valence-corrected chi connectivity index (χ3v) is 2.34. The van der Waals surface area contributed by atoms with Gasteiger partial charge < -0.3 is 5.32 Å². The SMILES string of the molecule is Fc1c(F)c(F)c(NCCc2ncn[nH]2)c(F)c1F. The van der Waals surface area contributed by atoms with Gasteiger partial charge in [-0.2, -0.15) is 5.10 Å². The van der Waals surface area contributed by atoms with Crippen molar-refractivity contribution in [3.8, 4) is 0 Å². The fourth-order valence-corrected chi connectivity index (χ4v) is 1.42. The van der Waals surface area contributed by atoms with Gasteiger partial charge in [0.15, 0.2) is 23.3 Å². The summed E-state index contributed by atoms with van der Waals surface area (Å²) >= 11 is 0. The number of halogens is 5. The van der Waals surface area contributed by atoms with Crippen LogP contribution in [0.4, 0.5) is 27.6 Å². The smallest absolute Gasteiger partial charge is 0.200 e. The molecule has 2 rings (SSSR count). The summed E-state index contributed by atoms with van der Waals surface area (Å²) < 4.78 is 65.0. The normalized spacial score (nSPS) is 10.8. The lowest BCUT2D eigenvalue weighted by atomic mass is 10.2. The van der Waals surface area contributed by atoms with Gasteiger partial charge in [0, 0.05) is 13.0 Å². The Balaban J connectivity index is 2.16. The minimum Gasteiger partial charge on any atom is -0.380 e. The lowest BCUT2D eigenvalue weighted by Crippen LogP contribution is -2.12. The molecule has 19 heavy (non-hydrogen) atoms. The van der Waals surface area contributed by atoms with Crippen LogP contribution in [-0.2, 0) is 6.42 Å². The summed E-state index contributed by atoms with van der Waals surface area (Å²) in [6, 6.07) is 0. The number of nitrogens with one attached hydrogen (secondary N) is 2. The van der Waals surface area contributed by atoms with Gasteiger partial charge >= 0.3 is 0 Å². The van der Waals surface area contributed by atoms with Crippen molar-refractivity contribution in [2.45, 2.75) is 6.42 Å². The van der Waals surface area contributed by atoms with E-state index >= 15 is 0 Å². The molecular formula is C10H7F5N4. The Morgan fingerprint density at radius 3 is 2.05 bits per heavy atom. The van der Waals surface area contributed by atoms with Gasteiger partial charge in [0.2, 0.25) is 5.82 Å². The van der Waals surface area contributed by atoms with Crippen molar-refractivity contribution in [3.63, 3.8) is 0 Å². The van der Waals surface area contributed by atoms with Crippen molar-refractivity contribution in [2.24, 2.45) is 0 Å². The third-order valence-electron chi connectivity index (χ3n) is 2.34. The van der Waals surface area contributed by atoms with E-state index in [1.54, 1.807) is 0 Å². The first kappa shape index (κ1) is 13.2. The Morgan fingerprint density at radius 2 is 1.53 bits per heavy atom. The van der Waals surface area contributed by atoms with E-state index < -0.39 is 34.8 Å². The standard InChI is InChI=1S/C10H7F5N4/c11-5-6(12)8(14)10(9(15)7(5)13)16-2-1-4-17-3-18-19-4/h3,16H,1-2H2,(H,17,18,19). The summed E-state index contributed by atoms with van der Waals surface area (Å²) in [7, 11) is 0. The van der Waals surface area contributed by atoms with Crippen molar-refractivity contribution in [3.05, 3.63) is 41.2 Å². The number of benzene rings is 1. The molecule has 0 saturated heterocycles. The van der Waals surface area contributed by atoms with E-state index in [2.05, 4.69) is 20.5 Å². The zero-order chi connectivity index (χ0) is 14.0. The minimum atomic E-state index is -2.18. The van der Waals surface area contributed by atoms with Crippen LogP contribution >= 0.6 is 0 Å². The number of hydrogen-bond acceptors (Lipinski definition) is 3. The molecule has 0 radical (unpaired) electrons. The molecule has 2 N–H and O–H groups in total. The molecule has 0 aliphatic heterocycles. The third kappa shape index (κ3) is 2.49. The van der Waals surface area contributed by atoms with Gasteiger partial charge in [-0.1, -0.05) is 0 Å². The van der Waals surface area contributed by atoms with Gasteiger partial charge in [-0.15, -0.1) is 0 Å². The Bertz CT molecular complexity index is 555. The summed E-state index contributed by atoms with van der Waals surface area (Å²) in [6.07, 6.45) is 1.41. The number of anilines is 1. The van der Waals surface area contributed by atoms with Gasteiger partial charge in [0.1, 0.15) is 17.8 Å². The first-order valence-electron chi connectivity index (χ1n) is 5.12. The average molecular weight is 278 g/mol. The predicted octanol–water partition coefficient (Wildman–Crippen LogP) is 2.15. The van der Waals surface area contributed by atoms with Crippen LogP contribution < -0.4 is 5.32 Å². The van der Waals surface area contributed by atoms with Gasteiger partial charge in [-0.05, 0) is 0 Å². The van der Waals surface area contributed by atoms with Crippen molar-refractivity contribution < 1.29 is 22.0 Å². The monoisotopic (exact) mass is 278 g/mol. The molecule has 0 spiro atoms. The number of hydrogen-bond donors (Lipinski definition) is 2. The molecule has 0 saturated carbocycles. The van der Waals surface area contributed by atoms with Crippen LogP contribution in [0, 0.1) is 29.1 Å². The lowest BCUT2D eigenvalue weighted by Gasteiger charge is -2.09. The van der Waals surface area contributed by atoms with Crippen LogP contribution in [0.5, 0.6) is 0 Å². The first-order chi connectivity index (χ1) is 9.02. The second kappa shape index (κ2) is 5.21. The van der Waals surface area contributed by atoms with E-state index in [1.807, 2.05) is 0 Å². The highest BCUT2D eigenvalue weighted by Crippen LogP contribution is 2.26. The second-order valence-corrected chi connectivity index (χ2v) is 3.55. The molecular weight excluding hydrogens is 271 g/mol. The number of rotatable bonds is 4. The van der Waals surface area contributed by atoms with Crippen molar-refractivity contribution in [1.82, 2.24) is 15.2 Å². The summed E-state index contributed by atoms with van der Waals surface area (Å²) in [6.45, 7) is -0.0758. The van der Waals surface area contributed by atoms with E-state index in [9.17, 15) is 22.0 Å². The summed E-state index contributed by atoms with van der Waals surface area (Å²) in [5.41, 5.74) is -1.06. The Morgan fingerprint density at radius 1 is 0.947 bits per heavy atom. The maximum absolute atomic E-state index is 13.2. The molecule has 0 aliphatic carbocycles. The highest BCUT2D eigenvalue weighted by molar-refractivity contribution is 5.47. The van der Waals surface area contributed by atoms with Gasteiger partial charge in [0.25, 0.3) is 0 Å². The first-order valence-corrected chi connectivity index (χ1v) is 5.12. The quantitative estimate of drug-likeness (QED) is 0.512. The number of H-pyrrole nitrogens is 1. The highest BCUT2D eigenvalue weighted by atomic mass is 19.2. The molecule has 0 bridgehead atoms. The summed E-state index contributed by atoms with van der Waals surface area (Å²) in [5.74, 6) is -9.53. The highest BCUT2D eigenvalue weighted by Gasteiger charge is 2.25.